The van der Waals surface area contributed by atoms with E-state index in [0.717, 1.165) is 30.8 Å². The molecule has 0 saturated carbocycles. The van der Waals surface area contributed by atoms with Crippen LogP contribution in [0.2, 0.25) is 0 Å². The molecule has 0 fully saturated rings. The van der Waals surface area contributed by atoms with Crippen LogP contribution in [0.4, 0.5) is 5.69 Å². The molecule has 1 aromatic carbocycles. The molecule has 3 rings (SSSR count). The fourth-order valence-electron chi connectivity index (χ4n) is 2.71. The van der Waals surface area contributed by atoms with E-state index >= 15 is 0 Å². The van der Waals surface area contributed by atoms with Gasteiger partial charge in [0.05, 0.1) is 11.5 Å². The number of hydrogen-bond donors (Lipinski definition) is 2. The van der Waals surface area contributed by atoms with Crippen molar-refractivity contribution >= 4 is 11.6 Å². The lowest BCUT2D eigenvalue weighted by Crippen LogP contribution is -2.46. The normalized spacial score (nSPS) is 17.2. The van der Waals surface area contributed by atoms with Crippen molar-refractivity contribution in [1.29, 1.82) is 0 Å². The Bertz CT molecular complexity index is 756. The van der Waals surface area contributed by atoms with E-state index in [1.54, 1.807) is 25.5 Å². The number of aliphatic imine (C=N–C) groups is 1. The summed E-state index contributed by atoms with van der Waals surface area (Å²) in [6.07, 6.45) is 3.41. The third-order valence-electron chi connectivity index (χ3n) is 3.95. The molecule has 1 atom stereocenters. The van der Waals surface area contributed by atoms with Gasteiger partial charge in [0, 0.05) is 38.2 Å². The minimum Gasteiger partial charge on any atom is -0.352 e. The van der Waals surface area contributed by atoms with Gasteiger partial charge in [0.15, 0.2) is 5.96 Å². The van der Waals surface area contributed by atoms with E-state index in [4.69, 9.17) is 0 Å². The number of rotatable bonds is 4. The van der Waals surface area contributed by atoms with Crippen LogP contribution >= 0.6 is 0 Å². The van der Waals surface area contributed by atoms with Crippen molar-refractivity contribution in [3.63, 3.8) is 0 Å². The van der Waals surface area contributed by atoms with Crippen molar-refractivity contribution in [2.75, 3.05) is 7.05 Å². The standard InChI is InChI=1S/C15H19N7O2/c1-16-15(17-8-11-3-2-4-13(7-11)22(23)24)20-12-5-6-14-18-10-19-21(14)9-12/h2-4,7,10,12H,5-6,8-9H2,1H3,(H2,16,17,20). The zero-order chi connectivity index (χ0) is 16.9. The van der Waals surface area contributed by atoms with Crippen LogP contribution in [0.5, 0.6) is 0 Å². The van der Waals surface area contributed by atoms with E-state index in [1.807, 2.05) is 10.7 Å². The Morgan fingerprint density at radius 2 is 2.42 bits per heavy atom. The molecule has 1 unspecified atom stereocenters. The van der Waals surface area contributed by atoms with Gasteiger partial charge in [0.25, 0.3) is 5.69 Å². The predicted octanol–water partition coefficient (Wildman–Crippen LogP) is 0.866. The van der Waals surface area contributed by atoms with Crippen molar-refractivity contribution in [3.05, 3.63) is 52.1 Å². The first-order chi connectivity index (χ1) is 11.7. The second-order valence-corrected chi connectivity index (χ2v) is 5.59. The molecule has 2 aromatic rings. The Hall–Kier alpha value is -2.97. The van der Waals surface area contributed by atoms with Crippen molar-refractivity contribution in [2.45, 2.75) is 32.0 Å². The number of fused-ring (bicyclic) bond motifs is 1. The van der Waals surface area contributed by atoms with Crippen molar-refractivity contribution < 1.29 is 4.92 Å². The molecule has 9 nitrogen and oxygen atoms in total. The smallest absolute Gasteiger partial charge is 0.269 e. The summed E-state index contributed by atoms with van der Waals surface area (Å²) in [6.45, 7) is 1.20. The maximum absolute atomic E-state index is 10.8. The van der Waals surface area contributed by atoms with Gasteiger partial charge in [0.2, 0.25) is 0 Å². The first kappa shape index (κ1) is 15.9. The third kappa shape index (κ3) is 3.67. The number of hydrogen-bond acceptors (Lipinski definition) is 5. The monoisotopic (exact) mass is 329 g/mol. The maximum Gasteiger partial charge on any atom is 0.269 e. The van der Waals surface area contributed by atoms with Gasteiger partial charge in [-0.05, 0) is 12.0 Å². The molecule has 1 aliphatic rings. The summed E-state index contributed by atoms with van der Waals surface area (Å²) in [4.78, 5) is 18.9. The number of nitrogens with zero attached hydrogens (tertiary/aromatic N) is 5. The average Bonchev–Trinajstić information content (AvgIpc) is 3.06. The topological polar surface area (TPSA) is 110 Å². The Morgan fingerprint density at radius 1 is 1.54 bits per heavy atom. The van der Waals surface area contributed by atoms with Crippen molar-refractivity contribution in [2.24, 2.45) is 4.99 Å². The summed E-state index contributed by atoms with van der Waals surface area (Å²) in [5, 5.41) is 21.6. The van der Waals surface area contributed by atoms with Crippen molar-refractivity contribution in [3.8, 4) is 0 Å². The van der Waals surface area contributed by atoms with Gasteiger partial charge in [-0.15, -0.1) is 0 Å². The molecular formula is C15H19N7O2. The Balaban J connectivity index is 1.56. The number of nitro groups is 1. The lowest BCUT2D eigenvalue weighted by molar-refractivity contribution is -0.384. The molecule has 0 radical (unpaired) electrons. The first-order valence-corrected chi connectivity index (χ1v) is 7.73. The van der Waals surface area contributed by atoms with E-state index in [2.05, 4.69) is 25.7 Å². The maximum atomic E-state index is 10.8. The summed E-state index contributed by atoms with van der Waals surface area (Å²) >= 11 is 0. The quantitative estimate of drug-likeness (QED) is 0.373. The van der Waals surface area contributed by atoms with Gasteiger partial charge in [-0.1, -0.05) is 12.1 Å². The highest BCUT2D eigenvalue weighted by Crippen LogP contribution is 2.13. The predicted molar refractivity (Wildman–Crippen MR) is 88.6 cm³/mol. The van der Waals surface area contributed by atoms with E-state index in [9.17, 15) is 10.1 Å². The number of nitro benzene ring substituents is 1. The highest BCUT2D eigenvalue weighted by molar-refractivity contribution is 5.80. The Labute approximate surface area is 139 Å². The third-order valence-corrected chi connectivity index (χ3v) is 3.95. The van der Waals surface area contributed by atoms with E-state index in [-0.39, 0.29) is 11.7 Å². The summed E-state index contributed by atoms with van der Waals surface area (Å²) < 4.78 is 1.90. The molecule has 2 heterocycles. The van der Waals surface area contributed by atoms with Crippen LogP contribution in [0.25, 0.3) is 0 Å². The highest BCUT2D eigenvalue weighted by atomic mass is 16.6. The number of aromatic nitrogens is 3. The van der Waals surface area contributed by atoms with Crippen LogP contribution in [0, 0.1) is 10.1 Å². The molecule has 0 aliphatic carbocycles. The minimum absolute atomic E-state index is 0.0863. The fourth-order valence-corrected chi connectivity index (χ4v) is 2.71. The minimum atomic E-state index is -0.395. The van der Waals surface area contributed by atoms with Crippen LogP contribution < -0.4 is 10.6 Å². The van der Waals surface area contributed by atoms with Gasteiger partial charge in [0.1, 0.15) is 12.2 Å². The number of guanidine groups is 1. The van der Waals surface area contributed by atoms with Crippen LogP contribution in [0.3, 0.4) is 0 Å². The zero-order valence-electron chi connectivity index (χ0n) is 13.3. The van der Waals surface area contributed by atoms with Crippen LogP contribution in [-0.4, -0.2) is 38.7 Å². The second-order valence-electron chi connectivity index (χ2n) is 5.59. The van der Waals surface area contributed by atoms with Crippen LogP contribution in [-0.2, 0) is 19.5 Å². The summed E-state index contributed by atoms with van der Waals surface area (Å²) in [5.41, 5.74) is 0.914. The number of aryl methyl sites for hydroxylation is 1. The molecule has 1 aliphatic heterocycles. The summed E-state index contributed by atoms with van der Waals surface area (Å²) in [5.74, 6) is 1.67. The molecule has 0 amide bonds. The Morgan fingerprint density at radius 3 is 3.21 bits per heavy atom. The summed E-state index contributed by atoms with van der Waals surface area (Å²) in [7, 11) is 1.70. The SMILES string of the molecule is CN=C(NCc1cccc([N+](=O)[O-])c1)NC1CCc2ncnn2C1. The number of non-ortho nitro benzene ring substituents is 1. The van der Waals surface area contributed by atoms with Crippen LogP contribution in [0.15, 0.2) is 35.6 Å². The number of nitrogens with one attached hydrogen (secondary N) is 2. The molecule has 0 spiro atoms. The van der Waals surface area contributed by atoms with Gasteiger partial charge >= 0.3 is 0 Å². The molecule has 0 bridgehead atoms. The average molecular weight is 329 g/mol. The molecule has 0 saturated heterocycles. The summed E-state index contributed by atoms with van der Waals surface area (Å²) in [6, 6.07) is 6.78. The molecule has 1 aromatic heterocycles. The van der Waals surface area contributed by atoms with Gasteiger partial charge in [-0.25, -0.2) is 9.67 Å². The fraction of sp³-hybridized carbons (Fsp3) is 0.400. The lowest BCUT2D eigenvalue weighted by Gasteiger charge is -2.25. The van der Waals surface area contributed by atoms with Gasteiger partial charge in [-0.3, -0.25) is 15.1 Å². The second kappa shape index (κ2) is 7.07. The number of benzene rings is 1. The Kier molecular flexibility index (Phi) is 4.69. The van der Waals surface area contributed by atoms with Gasteiger partial charge < -0.3 is 10.6 Å². The van der Waals surface area contributed by atoms with E-state index in [0.29, 0.717) is 12.5 Å². The molecule has 9 heteroatoms. The van der Waals surface area contributed by atoms with E-state index in [1.165, 1.54) is 6.07 Å². The lowest BCUT2D eigenvalue weighted by atomic mass is 10.1. The van der Waals surface area contributed by atoms with Crippen LogP contribution in [0.1, 0.15) is 17.8 Å². The van der Waals surface area contributed by atoms with Crippen molar-refractivity contribution in [1.82, 2.24) is 25.4 Å². The largest absolute Gasteiger partial charge is 0.352 e. The highest BCUT2D eigenvalue weighted by Gasteiger charge is 2.20. The first-order valence-electron chi connectivity index (χ1n) is 7.73. The molecular weight excluding hydrogens is 310 g/mol. The van der Waals surface area contributed by atoms with Gasteiger partial charge in [-0.2, -0.15) is 5.10 Å². The van der Waals surface area contributed by atoms with E-state index < -0.39 is 4.92 Å². The molecule has 126 valence electrons. The zero-order valence-corrected chi connectivity index (χ0v) is 13.3. The molecule has 24 heavy (non-hydrogen) atoms. The molecule has 2 N–H and O–H groups in total.